The van der Waals surface area contributed by atoms with E-state index in [2.05, 4.69) is 19.9 Å². The van der Waals surface area contributed by atoms with Crippen LogP contribution in [0.25, 0.3) is 33.5 Å². The zero-order valence-corrected chi connectivity index (χ0v) is 9.51. The summed E-state index contributed by atoms with van der Waals surface area (Å²) < 4.78 is 0. The van der Waals surface area contributed by atoms with Crippen molar-refractivity contribution in [3.05, 3.63) is 48.8 Å². The summed E-state index contributed by atoms with van der Waals surface area (Å²) in [5.74, 6) is 0.876. The Kier molecular flexibility index (Phi) is 1.80. The second-order valence-electron chi connectivity index (χ2n) is 4.24. The topological polar surface area (TPSA) is 57.4 Å². The molecule has 0 radical (unpaired) electrons. The van der Waals surface area contributed by atoms with Gasteiger partial charge in [-0.3, -0.25) is 0 Å². The molecular weight excluding hydrogens is 224 g/mol. The van der Waals surface area contributed by atoms with Gasteiger partial charge in [-0.1, -0.05) is 12.1 Å². The summed E-state index contributed by atoms with van der Waals surface area (Å²) in [5.41, 5.74) is 5.07. The Morgan fingerprint density at radius 2 is 1.83 bits per heavy atom. The molecule has 0 aliphatic carbocycles. The van der Waals surface area contributed by atoms with Gasteiger partial charge in [0.15, 0.2) is 0 Å². The Balaban J connectivity index is 1.94. The number of rotatable bonds is 1. The minimum Gasteiger partial charge on any atom is -0.345 e. The van der Waals surface area contributed by atoms with Crippen LogP contribution < -0.4 is 0 Å². The first kappa shape index (κ1) is 9.41. The van der Waals surface area contributed by atoms with Crippen LogP contribution in [-0.2, 0) is 0 Å². The van der Waals surface area contributed by atoms with Crippen molar-refractivity contribution in [2.75, 3.05) is 0 Å². The van der Waals surface area contributed by atoms with Crippen molar-refractivity contribution in [1.29, 1.82) is 0 Å². The fraction of sp³-hybridized carbons (Fsp3) is 0. The molecule has 0 aliphatic heterocycles. The van der Waals surface area contributed by atoms with Crippen molar-refractivity contribution in [2.24, 2.45) is 0 Å². The van der Waals surface area contributed by atoms with E-state index in [0.29, 0.717) is 0 Å². The molecule has 0 fully saturated rings. The molecule has 2 aromatic carbocycles. The molecular formula is C14H10N4. The lowest BCUT2D eigenvalue weighted by molar-refractivity contribution is 1.33. The number of imidazole rings is 2. The fourth-order valence-corrected chi connectivity index (χ4v) is 2.17. The van der Waals surface area contributed by atoms with E-state index in [1.807, 2.05) is 42.5 Å². The summed E-state index contributed by atoms with van der Waals surface area (Å²) in [7, 11) is 0. The highest BCUT2D eigenvalue weighted by molar-refractivity contribution is 5.83. The lowest BCUT2D eigenvalue weighted by Gasteiger charge is -1.95. The smallest absolute Gasteiger partial charge is 0.138 e. The lowest BCUT2D eigenvalue weighted by atomic mass is 10.2. The standard InChI is InChI=1S/C14H10N4/c1-2-4-12-11(3-1)17-14(18-12)9-5-6-10-13(7-9)16-8-15-10/h1-8H,(H,15,16)(H,17,18). The summed E-state index contributed by atoms with van der Waals surface area (Å²) in [6.07, 6.45) is 1.70. The molecule has 18 heavy (non-hydrogen) atoms. The molecule has 0 saturated carbocycles. The van der Waals surface area contributed by atoms with E-state index in [9.17, 15) is 0 Å². The van der Waals surface area contributed by atoms with Crippen LogP contribution in [0.5, 0.6) is 0 Å². The Morgan fingerprint density at radius 1 is 0.889 bits per heavy atom. The molecule has 0 saturated heterocycles. The van der Waals surface area contributed by atoms with Gasteiger partial charge in [0.2, 0.25) is 0 Å². The van der Waals surface area contributed by atoms with Gasteiger partial charge in [-0.25, -0.2) is 9.97 Å². The van der Waals surface area contributed by atoms with Gasteiger partial charge in [0, 0.05) is 5.56 Å². The predicted molar refractivity (Wildman–Crippen MR) is 71.2 cm³/mol. The summed E-state index contributed by atoms with van der Waals surface area (Å²) >= 11 is 0. The number of hydrogen-bond acceptors (Lipinski definition) is 2. The van der Waals surface area contributed by atoms with E-state index in [-0.39, 0.29) is 0 Å². The number of para-hydroxylation sites is 2. The quantitative estimate of drug-likeness (QED) is 0.531. The van der Waals surface area contributed by atoms with Gasteiger partial charge in [-0.05, 0) is 30.3 Å². The summed E-state index contributed by atoms with van der Waals surface area (Å²) in [6.45, 7) is 0. The first-order chi connectivity index (χ1) is 8.90. The number of nitrogens with zero attached hydrogens (tertiary/aromatic N) is 2. The normalized spacial score (nSPS) is 11.3. The molecule has 86 valence electrons. The SMILES string of the molecule is c1ccc2[nH]c(-c3ccc4[nH]cnc4c3)nc2c1. The van der Waals surface area contributed by atoms with Crippen LogP contribution >= 0.6 is 0 Å². The van der Waals surface area contributed by atoms with Gasteiger partial charge in [0.05, 0.1) is 28.4 Å². The zero-order chi connectivity index (χ0) is 11.9. The highest BCUT2D eigenvalue weighted by Crippen LogP contribution is 2.22. The third kappa shape index (κ3) is 1.32. The maximum Gasteiger partial charge on any atom is 0.138 e. The van der Waals surface area contributed by atoms with Gasteiger partial charge in [0.1, 0.15) is 5.82 Å². The maximum atomic E-state index is 4.58. The number of aromatic amines is 2. The van der Waals surface area contributed by atoms with Crippen molar-refractivity contribution in [3.63, 3.8) is 0 Å². The predicted octanol–water partition coefficient (Wildman–Crippen LogP) is 3.11. The van der Waals surface area contributed by atoms with E-state index in [1.54, 1.807) is 6.33 Å². The average molecular weight is 234 g/mol. The van der Waals surface area contributed by atoms with E-state index in [4.69, 9.17) is 0 Å². The average Bonchev–Trinajstić information content (AvgIpc) is 3.04. The third-order valence-electron chi connectivity index (χ3n) is 3.08. The Labute approximate surface area is 103 Å². The van der Waals surface area contributed by atoms with E-state index in [0.717, 1.165) is 33.5 Å². The highest BCUT2D eigenvalue weighted by Gasteiger charge is 2.06. The molecule has 0 unspecified atom stereocenters. The highest BCUT2D eigenvalue weighted by atomic mass is 14.9. The van der Waals surface area contributed by atoms with E-state index >= 15 is 0 Å². The van der Waals surface area contributed by atoms with Gasteiger partial charge >= 0.3 is 0 Å². The minimum absolute atomic E-state index is 0.876. The second kappa shape index (κ2) is 3.43. The van der Waals surface area contributed by atoms with Crippen molar-refractivity contribution in [2.45, 2.75) is 0 Å². The summed E-state index contributed by atoms with van der Waals surface area (Å²) in [4.78, 5) is 15.2. The molecule has 0 amide bonds. The zero-order valence-electron chi connectivity index (χ0n) is 9.51. The van der Waals surface area contributed by atoms with Gasteiger partial charge in [0.25, 0.3) is 0 Å². The summed E-state index contributed by atoms with van der Waals surface area (Å²) in [5, 5.41) is 0. The van der Waals surface area contributed by atoms with Gasteiger partial charge in [-0.2, -0.15) is 0 Å². The number of fused-ring (bicyclic) bond motifs is 2. The minimum atomic E-state index is 0.876. The first-order valence-corrected chi connectivity index (χ1v) is 5.78. The maximum absolute atomic E-state index is 4.58. The van der Waals surface area contributed by atoms with E-state index < -0.39 is 0 Å². The lowest BCUT2D eigenvalue weighted by Crippen LogP contribution is -1.80. The van der Waals surface area contributed by atoms with Crippen molar-refractivity contribution in [1.82, 2.24) is 19.9 Å². The van der Waals surface area contributed by atoms with Crippen LogP contribution in [0.1, 0.15) is 0 Å². The molecule has 0 atom stereocenters. The van der Waals surface area contributed by atoms with Crippen molar-refractivity contribution in [3.8, 4) is 11.4 Å². The Bertz CT molecular complexity index is 808. The Morgan fingerprint density at radius 3 is 2.78 bits per heavy atom. The molecule has 4 rings (SSSR count). The number of aromatic nitrogens is 4. The fourth-order valence-electron chi connectivity index (χ4n) is 2.17. The van der Waals surface area contributed by atoms with Crippen LogP contribution in [0, 0.1) is 0 Å². The number of H-pyrrole nitrogens is 2. The van der Waals surface area contributed by atoms with Crippen LogP contribution in [0.15, 0.2) is 48.8 Å². The van der Waals surface area contributed by atoms with Crippen molar-refractivity contribution >= 4 is 22.1 Å². The number of hydrogen-bond donors (Lipinski definition) is 2. The molecule has 4 aromatic rings. The van der Waals surface area contributed by atoms with Crippen molar-refractivity contribution < 1.29 is 0 Å². The Hall–Kier alpha value is -2.62. The molecule has 4 heteroatoms. The molecule has 0 aliphatic rings. The molecule has 0 bridgehead atoms. The van der Waals surface area contributed by atoms with Gasteiger partial charge < -0.3 is 9.97 Å². The van der Waals surface area contributed by atoms with Crippen LogP contribution in [-0.4, -0.2) is 19.9 Å². The molecule has 2 heterocycles. The van der Waals surface area contributed by atoms with E-state index in [1.165, 1.54) is 0 Å². The number of benzene rings is 2. The largest absolute Gasteiger partial charge is 0.345 e. The third-order valence-corrected chi connectivity index (χ3v) is 3.08. The van der Waals surface area contributed by atoms with Gasteiger partial charge in [-0.15, -0.1) is 0 Å². The summed E-state index contributed by atoms with van der Waals surface area (Å²) in [6, 6.07) is 14.1. The molecule has 0 spiro atoms. The number of nitrogens with one attached hydrogen (secondary N) is 2. The van der Waals surface area contributed by atoms with Crippen LogP contribution in [0.3, 0.4) is 0 Å². The molecule has 4 nitrogen and oxygen atoms in total. The molecule has 2 aromatic heterocycles. The monoisotopic (exact) mass is 234 g/mol. The van der Waals surface area contributed by atoms with Crippen LogP contribution in [0.2, 0.25) is 0 Å². The second-order valence-corrected chi connectivity index (χ2v) is 4.24. The first-order valence-electron chi connectivity index (χ1n) is 5.78. The molecule has 2 N–H and O–H groups in total. The van der Waals surface area contributed by atoms with Crippen LogP contribution in [0.4, 0.5) is 0 Å².